The molecule has 0 spiro atoms. The standard InChI is InChI=1S/C26H34N6O3S/c1-30-8-10-31(11-9-30)19-21-5-3-4-20(16-21)6-7-23-22-17-25(29-36(2,33)34)26(18-24(22)28-27-23)32-12-14-35-15-13-32/h3-7,16-18,29H,8-15,19H2,1-2H3,(H,27,28)/b7-6+. The highest BCUT2D eigenvalue weighted by atomic mass is 32.2. The van der Waals surface area contributed by atoms with Gasteiger partial charge in [0.15, 0.2) is 0 Å². The average Bonchev–Trinajstić information content (AvgIpc) is 3.25. The topological polar surface area (TPSA) is 93.8 Å². The second kappa shape index (κ2) is 10.6. The maximum absolute atomic E-state index is 12.1. The molecule has 2 N–H and O–H groups in total. The van der Waals surface area contributed by atoms with Crippen molar-refractivity contribution in [3.8, 4) is 0 Å². The number of sulfonamides is 1. The van der Waals surface area contributed by atoms with E-state index in [1.54, 1.807) is 0 Å². The number of nitrogens with one attached hydrogen (secondary N) is 2. The number of aromatic amines is 1. The Morgan fingerprint density at radius 2 is 1.83 bits per heavy atom. The number of hydrogen-bond donors (Lipinski definition) is 2. The fourth-order valence-corrected chi connectivity index (χ4v) is 5.35. The summed E-state index contributed by atoms with van der Waals surface area (Å²) in [5, 5.41) is 8.49. The van der Waals surface area contributed by atoms with Crippen LogP contribution >= 0.6 is 0 Å². The summed E-state index contributed by atoms with van der Waals surface area (Å²) in [5.74, 6) is 0. The van der Waals surface area contributed by atoms with Gasteiger partial charge in [0.05, 0.1) is 42.1 Å². The molecule has 9 nitrogen and oxygen atoms in total. The van der Waals surface area contributed by atoms with Gasteiger partial charge in [-0.1, -0.05) is 30.3 Å². The Bertz CT molecular complexity index is 1340. The number of aromatic nitrogens is 2. The third-order valence-electron chi connectivity index (χ3n) is 6.74. The molecule has 0 aliphatic carbocycles. The van der Waals surface area contributed by atoms with E-state index in [9.17, 15) is 8.42 Å². The van der Waals surface area contributed by atoms with Crippen LogP contribution in [0.3, 0.4) is 0 Å². The molecular formula is C26H34N6O3S. The molecule has 0 unspecified atom stereocenters. The molecule has 10 heteroatoms. The third kappa shape index (κ3) is 6.07. The highest BCUT2D eigenvalue weighted by Crippen LogP contribution is 2.33. The molecule has 2 aliphatic rings. The molecule has 0 amide bonds. The van der Waals surface area contributed by atoms with Crippen molar-refractivity contribution in [2.75, 3.05) is 75.4 Å². The van der Waals surface area contributed by atoms with Gasteiger partial charge in [-0.15, -0.1) is 0 Å². The van der Waals surface area contributed by atoms with Crippen LogP contribution in [0, 0.1) is 0 Å². The van der Waals surface area contributed by atoms with Gasteiger partial charge in [0, 0.05) is 51.2 Å². The Labute approximate surface area is 212 Å². The summed E-state index contributed by atoms with van der Waals surface area (Å²) < 4.78 is 32.4. The lowest BCUT2D eigenvalue weighted by Gasteiger charge is -2.32. The SMILES string of the molecule is CN1CCN(Cc2cccc(/C=C/c3n[nH]c4cc(N5CCOCC5)c(NS(C)(=O)=O)cc34)c2)CC1. The van der Waals surface area contributed by atoms with Crippen molar-refractivity contribution in [2.24, 2.45) is 0 Å². The molecule has 2 aromatic carbocycles. The number of anilines is 2. The number of nitrogens with zero attached hydrogens (tertiary/aromatic N) is 4. The fourth-order valence-electron chi connectivity index (χ4n) is 4.78. The summed E-state index contributed by atoms with van der Waals surface area (Å²) in [4.78, 5) is 7.00. The number of ether oxygens (including phenoxy) is 1. The fraction of sp³-hybridized carbons (Fsp3) is 0.423. The molecule has 2 fully saturated rings. The van der Waals surface area contributed by atoms with Crippen LogP contribution in [0.4, 0.5) is 11.4 Å². The van der Waals surface area contributed by atoms with Crippen LogP contribution in [0.5, 0.6) is 0 Å². The van der Waals surface area contributed by atoms with Crippen molar-refractivity contribution in [3.63, 3.8) is 0 Å². The number of benzene rings is 2. The van der Waals surface area contributed by atoms with Crippen LogP contribution in [0.1, 0.15) is 16.8 Å². The molecule has 0 bridgehead atoms. The van der Waals surface area contributed by atoms with E-state index < -0.39 is 10.0 Å². The Kier molecular flexibility index (Phi) is 7.29. The Balaban J connectivity index is 1.39. The van der Waals surface area contributed by atoms with E-state index in [0.717, 1.165) is 60.6 Å². The average molecular weight is 511 g/mol. The molecule has 192 valence electrons. The number of piperazine rings is 1. The van der Waals surface area contributed by atoms with Crippen molar-refractivity contribution in [1.82, 2.24) is 20.0 Å². The number of rotatable bonds is 7. The quantitative estimate of drug-likeness (QED) is 0.505. The summed E-state index contributed by atoms with van der Waals surface area (Å²) in [5.41, 5.74) is 5.41. The Hall–Kier alpha value is -2.92. The molecule has 2 aliphatic heterocycles. The predicted octanol–water partition coefficient (Wildman–Crippen LogP) is 2.69. The van der Waals surface area contributed by atoms with Gasteiger partial charge in [-0.2, -0.15) is 5.10 Å². The Morgan fingerprint density at radius 3 is 2.58 bits per heavy atom. The van der Waals surface area contributed by atoms with Crippen LogP contribution in [0.15, 0.2) is 36.4 Å². The summed E-state index contributed by atoms with van der Waals surface area (Å²) in [6, 6.07) is 12.4. The van der Waals surface area contributed by atoms with Crippen molar-refractivity contribution >= 4 is 44.5 Å². The molecule has 0 saturated carbocycles. The number of likely N-dealkylation sites (N-methyl/N-ethyl adjacent to an activating group) is 1. The van der Waals surface area contributed by atoms with E-state index >= 15 is 0 Å². The Morgan fingerprint density at radius 1 is 1.06 bits per heavy atom. The highest BCUT2D eigenvalue weighted by molar-refractivity contribution is 7.92. The monoisotopic (exact) mass is 510 g/mol. The minimum atomic E-state index is -3.44. The van der Waals surface area contributed by atoms with Crippen LogP contribution in [-0.2, 0) is 21.3 Å². The molecule has 0 atom stereocenters. The first kappa shape index (κ1) is 24.8. The van der Waals surface area contributed by atoms with Gasteiger partial charge >= 0.3 is 0 Å². The minimum Gasteiger partial charge on any atom is -0.378 e. The van der Waals surface area contributed by atoms with E-state index in [1.165, 1.54) is 11.8 Å². The highest BCUT2D eigenvalue weighted by Gasteiger charge is 2.19. The first-order chi connectivity index (χ1) is 17.3. The zero-order valence-electron chi connectivity index (χ0n) is 20.9. The van der Waals surface area contributed by atoms with E-state index in [4.69, 9.17) is 4.74 Å². The lowest BCUT2D eigenvalue weighted by molar-refractivity contribution is 0.123. The number of H-pyrrole nitrogens is 1. The molecule has 0 radical (unpaired) electrons. The smallest absolute Gasteiger partial charge is 0.229 e. The summed E-state index contributed by atoms with van der Waals surface area (Å²) >= 11 is 0. The third-order valence-corrected chi connectivity index (χ3v) is 7.33. The van der Waals surface area contributed by atoms with Gasteiger partial charge in [-0.3, -0.25) is 14.7 Å². The van der Waals surface area contributed by atoms with Gasteiger partial charge in [0.2, 0.25) is 10.0 Å². The van der Waals surface area contributed by atoms with Crippen LogP contribution in [-0.4, -0.2) is 94.2 Å². The lowest BCUT2D eigenvalue weighted by atomic mass is 10.1. The molecular weight excluding hydrogens is 476 g/mol. The van der Waals surface area contributed by atoms with Crippen molar-refractivity contribution in [2.45, 2.75) is 6.54 Å². The zero-order chi connectivity index (χ0) is 25.1. The summed E-state index contributed by atoms with van der Waals surface area (Å²) in [6.07, 6.45) is 5.21. The second-order valence-electron chi connectivity index (χ2n) is 9.66. The van der Waals surface area contributed by atoms with Crippen molar-refractivity contribution in [1.29, 1.82) is 0 Å². The number of hydrogen-bond acceptors (Lipinski definition) is 7. The van der Waals surface area contributed by atoms with E-state index in [0.29, 0.717) is 32.0 Å². The maximum Gasteiger partial charge on any atom is 0.229 e. The van der Waals surface area contributed by atoms with Gasteiger partial charge in [-0.05, 0) is 36.4 Å². The molecule has 5 rings (SSSR count). The van der Waals surface area contributed by atoms with E-state index in [-0.39, 0.29) is 0 Å². The summed E-state index contributed by atoms with van der Waals surface area (Å²) in [7, 11) is -1.27. The molecule has 3 aromatic rings. The second-order valence-corrected chi connectivity index (χ2v) is 11.4. The van der Waals surface area contributed by atoms with Gasteiger partial charge in [-0.25, -0.2) is 8.42 Å². The van der Waals surface area contributed by atoms with Gasteiger partial charge < -0.3 is 14.5 Å². The van der Waals surface area contributed by atoms with Gasteiger partial charge in [0.1, 0.15) is 0 Å². The molecule has 2 saturated heterocycles. The minimum absolute atomic E-state index is 0.553. The summed E-state index contributed by atoms with van der Waals surface area (Å²) in [6.45, 7) is 7.97. The van der Waals surface area contributed by atoms with Crippen LogP contribution in [0.25, 0.3) is 23.1 Å². The van der Waals surface area contributed by atoms with Crippen LogP contribution < -0.4 is 9.62 Å². The van der Waals surface area contributed by atoms with Crippen molar-refractivity contribution in [3.05, 3.63) is 53.2 Å². The first-order valence-electron chi connectivity index (χ1n) is 12.3. The van der Waals surface area contributed by atoms with Crippen LogP contribution in [0.2, 0.25) is 0 Å². The lowest BCUT2D eigenvalue weighted by Crippen LogP contribution is -2.43. The van der Waals surface area contributed by atoms with E-state index in [2.05, 4.69) is 67.0 Å². The van der Waals surface area contributed by atoms with Crippen molar-refractivity contribution < 1.29 is 13.2 Å². The predicted molar refractivity (Wildman–Crippen MR) is 146 cm³/mol. The zero-order valence-corrected chi connectivity index (χ0v) is 21.7. The van der Waals surface area contributed by atoms with Gasteiger partial charge in [0.25, 0.3) is 0 Å². The largest absolute Gasteiger partial charge is 0.378 e. The normalized spacial score (nSPS) is 18.3. The number of fused-ring (bicyclic) bond motifs is 1. The molecule has 1 aromatic heterocycles. The molecule has 3 heterocycles. The molecule has 36 heavy (non-hydrogen) atoms. The first-order valence-corrected chi connectivity index (χ1v) is 14.2. The number of morpholine rings is 1. The maximum atomic E-state index is 12.1. The van der Waals surface area contributed by atoms with E-state index in [1.807, 2.05) is 18.2 Å².